The molecule has 1 N–H and O–H groups in total. The van der Waals surface area contributed by atoms with Crippen LogP contribution in [0.15, 0.2) is 48.5 Å². The van der Waals surface area contributed by atoms with Gasteiger partial charge in [-0.2, -0.15) is 0 Å². The van der Waals surface area contributed by atoms with E-state index in [9.17, 15) is 0 Å². The molecule has 0 fully saturated rings. The Morgan fingerprint density at radius 1 is 1.15 bits per heavy atom. The molecule has 1 atom stereocenters. The van der Waals surface area contributed by atoms with E-state index in [1.807, 2.05) is 24.3 Å². The largest absolute Gasteiger partial charge is 0.382 e. The molecule has 0 saturated heterocycles. The SMILES string of the molecule is Clc1cccc(COC2CCc3ccccc3NC2)c1. The average molecular weight is 288 g/mol. The van der Waals surface area contributed by atoms with Crippen LogP contribution in [0.2, 0.25) is 5.02 Å². The van der Waals surface area contributed by atoms with Gasteiger partial charge in [0.25, 0.3) is 0 Å². The second kappa shape index (κ2) is 6.29. The predicted molar refractivity (Wildman–Crippen MR) is 83.3 cm³/mol. The summed E-state index contributed by atoms with van der Waals surface area (Å²) in [6.07, 6.45) is 2.34. The summed E-state index contributed by atoms with van der Waals surface area (Å²) in [5.41, 5.74) is 3.74. The van der Waals surface area contributed by atoms with Crippen LogP contribution in [-0.4, -0.2) is 12.6 Å². The number of hydrogen-bond donors (Lipinski definition) is 1. The fourth-order valence-electron chi connectivity index (χ4n) is 2.54. The normalized spacial score (nSPS) is 17.9. The van der Waals surface area contributed by atoms with Crippen molar-refractivity contribution in [1.29, 1.82) is 0 Å². The van der Waals surface area contributed by atoms with Crippen molar-refractivity contribution in [1.82, 2.24) is 0 Å². The number of para-hydroxylation sites is 1. The zero-order valence-corrected chi connectivity index (χ0v) is 12.1. The third-order valence-corrected chi connectivity index (χ3v) is 3.88. The number of rotatable bonds is 3. The van der Waals surface area contributed by atoms with Gasteiger partial charge in [-0.15, -0.1) is 0 Å². The van der Waals surface area contributed by atoms with Gasteiger partial charge in [0.15, 0.2) is 0 Å². The molecule has 2 aromatic rings. The Morgan fingerprint density at radius 2 is 2.05 bits per heavy atom. The van der Waals surface area contributed by atoms with Gasteiger partial charge in [-0.1, -0.05) is 41.9 Å². The average Bonchev–Trinajstić information content (AvgIpc) is 2.68. The number of halogens is 1. The molecule has 1 heterocycles. The van der Waals surface area contributed by atoms with Crippen LogP contribution in [0.1, 0.15) is 17.5 Å². The Bertz CT molecular complexity index is 558. The first-order chi connectivity index (χ1) is 9.81. The van der Waals surface area contributed by atoms with Crippen molar-refractivity contribution >= 4 is 17.3 Å². The van der Waals surface area contributed by atoms with Gasteiger partial charge in [-0.25, -0.2) is 0 Å². The summed E-state index contributed by atoms with van der Waals surface area (Å²) in [6, 6.07) is 16.3. The third kappa shape index (κ3) is 3.33. The van der Waals surface area contributed by atoms with Gasteiger partial charge >= 0.3 is 0 Å². The maximum absolute atomic E-state index is 6.01. The van der Waals surface area contributed by atoms with Gasteiger partial charge in [0.05, 0.1) is 12.7 Å². The van der Waals surface area contributed by atoms with Gasteiger partial charge in [0, 0.05) is 17.3 Å². The summed E-state index contributed by atoms with van der Waals surface area (Å²) in [5, 5.41) is 4.23. The molecule has 1 aliphatic rings. The number of fused-ring (bicyclic) bond motifs is 1. The molecule has 0 saturated carbocycles. The molecular weight excluding hydrogens is 270 g/mol. The van der Waals surface area contributed by atoms with Crippen LogP contribution in [0.5, 0.6) is 0 Å². The Hall–Kier alpha value is -1.51. The van der Waals surface area contributed by atoms with E-state index in [-0.39, 0.29) is 6.10 Å². The van der Waals surface area contributed by atoms with E-state index in [0.717, 1.165) is 30.0 Å². The first kappa shape index (κ1) is 13.5. The van der Waals surface area contributed by atoms with Crippen molar-refractivity contribution in [3.05, 3.63) is 64.7 Å². The van der Waals surface area contributed by atoms with Crippen molar-refractivity contribution in [3.8, 4) is 0 Å². The zero-order valence-electron chi connectivity index (χ0n) is 11.3. The van der Waals surface area contributed by atoms with Gasteiger partial charge in [0.1, 0.15) is 0 Å². The summed E-state index contributed by atoms with van der Waals surface area (Å²) in [7, 11) is 0. The molecule has 3 rings (SSSR count). The fourth-order valence-corrected chi connectivity index (χ4v) is 2.75. The zero-order chi connectivity index (χ0) is 13.8. The van der Waals surface area contributed by atoms with Gasteiger partial charge < -0.3 is 10.1 Å². The molecular formula is C17H18ClNO. The van der Waals surface area contributed by atoms with Crippen molar-refractivity contribution in [2.45, 2.75) is 25.6 Å². The molecule has 3 heteroatoms. The second-order valence-corrected chi connectivity index (χ2v) is 5.58. The molecule has 1 unspecified atom stereocenters. The Labute approximate surface area is 124 Å². The Balaban J connectivity index is 1.58. The third-order valence-electron chi connectivity index (χ3n) is 3.65. The van der Waals surface area contributed by atoms with Crippen LogP contribution in [0, 0.1) is 0 Å². The molecule has 104 valence electrons. The van der Waals surface area contributed by atoms with Crippen LogP contribution in [0.3, 0.4) is 0 Å². The topological polar surface area (TPSA) is 21.3 Å². The smallest absolute Gasteiger partial charge is 0.0755 e. The molecule has 0 aliphatic carbocycles. The molecule has 0 radical (unpaired) electrons. The molecule has 2 aromatic carbocycles. The van der Waals surface area contributed by atoms with Gasteiger partial charge in [0.2, 0.25) is 0 Å². The Morgan fingerprint density at radius 3 is 2.95 bits per heavy atom. The molecule has 1 aliphatic heterocycles. The van der Waals surface area contributed by atoms with E-state index in [4.69, 9.17) is 16.3 Å². The highest BCUT2D eigenvalue weighted by Crippen LogP contribution is 2.22. The minimum atomic E-state index is 0.237. The molecule has 0 bridgehead atoms. The summed E-state index contributed by atoms with van der Waals surface area (Å²) in [6.45, 7) is 1.47. The summed E-state index contributed by atoms with van der Waals surface area (Å²) in [4.78, 5) is 0. The van der Waals surface area contributed by atoms with E-state index in [2.05, 4.69) is 29.6 Å². The monoisotopic (exact) mass is 287 g/mol. The Kier molecular flexibility index (Phi) is 4.24. The predicted octanol–water partition coefficient (Wildman–Crippen LogP) is 4.28. The highest BCUT2D eigenvalue weighted by molar-refractivity contribution is 6.30. The number of ether oxygens (including phenoxy) is 1. The highest BCUT2D eigenvalue weighted by Gasteiger charge is 2.15. The number of hydrogen-bond acceptors (Lipinski definition) is 2. The lowest BCUT2D eigenvalue weighted by molar-refractivity contribution is 0.0448. The lowest BCUT2D eigenvalue weighted by atomic mass is 10.1. The highest BCUT2D eigenvalue weighted by atomic mass is 35.5. The van der Waals surface area contributed by atoms with Crippen LogP contribution in [0.25, 0.3) is 0 Å². The first-order valence-electron chi connectivity index (χ1n) is 6.99. The number of nitrogens with one attached hydrogen (secondary N) is 1. The fraction of sp³-hybridized carbons (Fsp3) is 0.294. The first-order valence-corrected chi connectivity index (χ1v) is 7.37. The summed E-state index contributed by atoms with van der Waals surface area (Å²) in [5.74, 6) is 0. The lowest BCUT2D eigenvalue weighted by Crippen LogP contribution is -2.21. The molecule has 0 aromatic heterocycles. The standard InChI is InChI=1S/C17H18ClNO/c18-15-6-3-4-13(10-15)12-20-16-9-8-14-5-1-2-7-17(14)19-11-16/h1-7,10,16,19H,8-9,11-12H2. The molecule has 20 heavy (non-hydrogen) atoms. The molecule has 2 nitrogen and oxygen atoms in total. The minimum Gasteiger partial charge on any atom is -0.382 e. The van der Waals surface area contributed by atoms with Crippen molar-refractivity contribution in [3.63, 3.8) is 0 Å². The van der Waals surface area contributed by atoms with E-state index in [1.165, 1.54) is 11.3 Å². The van der Waals surface area contributed by atoms with Gasteiger partial charge in [-0.3, -0.25) is 0 Å². The van der Waals surface area contributed by atoms with Crippen LogP contribution in [-0.2, 0) is 17.8 Å². The second-order valence-electron chi connectivity index (χ2n) is 5.14. The van der Waals surface area contributed by atoms with Crippen LogP contribution >= 0.6 is 11.6 Å². The summed E-state index contributed by atoms with van der Waals surface area (Å²) < 4.78 is 6.01. The molecule has 0 spiro atoms. The number of anilines is 1. The minimum absolute atomic E-state index is 0.237. The molecule has 0 amide bonds. The van der Waals surface area contributed by atoms with E-state index in [1.54, 1.807) is 0 Å². The quantitative estimate of drug-likeness (QED) is 0.909. The van der Waals surface area contributed by atoms with Crippen LogP contribution in [0.4, 0.5) is 5.69 Å². The maximum Gasteiger partial charge on any atom is 0.0755 e. The van der Waals surface area contributed by atoms with Gasteiger partial charge in [-0.05, 0) is 42.2 Å². The van der Waals surface area contributed by atoms with Crippen molar-refractivity contribution in [2.75, 3.05) is 11.9 Å². The number of benzene rings is 2. The van der Waals surface area contributed by atoms with Crippen LogP contribution < -0.4 is 5.32 Å². The lowest BCUT2D eigenvalue weighted by Gasteiger charge is -2.16. The van der Waals surface area contributed by atoms with E-state index in [0.29, 0.717) is 6.61 Å². The number of aryl methyl sites for hydroxylation is 1. The summed E-state index contributed by atoms with van der Waals surface area (Å²) >= 11 is 5.99. The van der Waals surface area contributed by atoms with E-state index < -0.39 is 0 Å². The van der Waals surface area contributed by atoms with E-state index >= 15 is 0 Å². The van der Waals surface area contributed by atoms with Crippen molar-refractivity contribution in [2.24, 2.45) is 0 Å². The maximum atomic E-state index is 6.01. The van der Waals surface area contributed by atoms with Crippen molar-refractivity contribution < 1.29 is 4.74 Å².